The Labute approximate surface area is 135 Å². The zero-order valence-electron chi connectivity index (χ0n) is 11.8. The lowest BCUT2D eigenvalue weighted by molar-refractivity contribution is 0.0523. The zero-order chi connectivity index (χ0) is 15.6. The van der Waals surface area contributed by atoms with Gasteiger partial charge in [0, 0.05) is 15.2 Å². The highest BCUT2D eigenvalue weighted by Crippen LogP contribution is 2.19. The molecule has 0 fully saturated rings. The third kappa shape index (κ3) is 3.11. The Hall–Kier alpha value is -1.41. The van der Waals surface area contributed by atoms with Gasteiger partial charge in [0.25, 0.3) is 0 Å². The highest BCUT2D eigenvalue weighted by Gasteiger charge is 2.18. The molecular formula is C15H16INO4. The van der Waals surface area contributed by atoms with Crippen molar-refractivity contribution in [1.29, 1.82) is 0 Å². The summed E-state index contributed by atoms with van der Waals surface area (Å²) in [6.45, 7) is 3.62. The van der Waals surface area contributed by atoms with E-state index in [2.05, 4.69) is 22.6 Å². The maximum atomic E-state index is 12.5. The molecule has 0 aliphatic carbocycles. The Morgan fingerprint density at radius 2 is 2.19 bits per heavy atom. The number of ether oxygens (including phenoxy) is 1. The number of halogens is 1. The fraction of sp³-hybridized carbons (Fsp3) is 0.333. The molecule has 21 heavy (non-hydrogen) atoms. The third-order valence-electron chi connectivity index (χ3n) is 3.23. The normalized spacial score (nSPS) is 12.4. The molecule has 5 nitrogen and oxygen atoms in total. The van der Waals surface area contributed by atoms with E-state index in [9.17, 15) is 14.7 Å². The SMILES string of the molecule is CCOC(=O)c1cn(C(C)CO)c2ccc(I)cc2c1=O. The van der Waals surface area contributed by atoms with E-state index in [1.54, 1.807) is 17.6 Å². The van der Waals surface area contributed by atoms with Gasteiger partial charge < -0.3 is 14.4 Å². The van der Waals surface area contributed by atoms with Crippen LogP contribution in [0, 0.1) is 3.57 Å². The summed E-state index contributed by atoms with van der Waals surface area (Å²) in [7, 11) is 0. The summed E-state index contributed by atoms with van der Waals surface area (Å²) in [4.78, 5) is 24.4. The van der Waals surface area contributed by atoms with E-state index < -0.39 is 5.97 Å². The summed E-state index contributed by atoms with van der Waals surface area (Å²) in [5, 5.41) is 9.84. The van der Waals surface area contributed by atoms with Crippen molar-refractivity contribution in [2.45, 2.75) is 19.9 Å². The largest absolute Gasteiger partial charge is 0.462 e. The van der Waals surface area contributed by atoms with Crippen LogP contribution in [0.2, 0.25) is 0 Å². The number of aliphatic hydroxyl groups is 1. The first kappa shape index (κ1) is 16.0. The van der Waals surface area contributed by atoms with Crippen LogP contribution in [0.5, 0.6) is 0 Å². The third-order valence-corrected chi connectivity index (χ3v) is 3.90. The van der Waals surface area contributed by atoms with Gasteiger partial charge in [-0.05, 0) is 54.6 Å². The Kier molecular flexibility index (Phi) is 5.00. The molecule has 0 amide bonds. The Morgan fingerprint density at radius 1 is 1.48 bits per heavy atom. The van der Waals surface area contributed by atoms with Gasteiger partial charge in [0.05, 0.1) is 24.8 Å². The highest BCUT2D eigenvalue weighted by atomic mass is 127. The van der Waals surface area contributed by atoms with Crippen molar-refractivity contribution in [1.82, 2.24) is 4.57 Å². The van der Waals surface area contributed by atoms with E-state index in [1.807, 2.05) is 19.1 Å². The molecule has 2 aromatic rings. The minimum absolute atomic E-state index is 0.00773. The van der Waals surface area contributed by atoms with Gasteiger partial charge in [0.2, 0.25) is 5.43 Å². The van der Waals surface area contributed by atoms with Crippen LogP contribution in [-0.4, -0.2) is 28.9 Å². The number of hydrogen-bond acceptors (Lipinski definition) is 4. The highest BCUT2D eigenvalue weighted by molar-refractivity contribution is 14.1. The molecule has 1 atom stereocenters. The van der Waals surface area contributed by atoms with Crippen molar-refractivity contribution in [3.8, 4) is 0 Å². The zero-order valence-corrected chi connectivity index (χ0v) is 14.0. The van der Waals surface area contributed by atoms with Crippen LogP contribution in [0.3, 0.4) is 0 Å². The Bertz CT molecular complexity index is 738. The predicted molar refractivity (Wildman–Crippen MR) is 88.7 cm³/mol. The number of rotatable bonds is 4. The number of pyridine rings is 1. The van der Waals surface area contributed by atoms with Crippen molar-refractivity contribution in [3.63, 3.8) is 0 Å². The topological polar surface area (TPSA) is 68.5 Å². The number of aromatic nitrogens is 1. The van der Waals surface area contributed by atoms with Crippen LogP contribution >= 0.6 is 22.6 Å². The van der Waals surface area contributed by atoms with E-state index in [0.29, 0.717) is 10.9 Å². The van der Waals surface area contributed by atoms with Crippen LogP contribution in [0.25, 0.3) is 10.9 Å². The number of carbonyl (C=O) groups excluding carboxylic acids is 1. The van der Waals surface area contributed by atoms with Crippen molar-refractivity contribution < 1.29 is 14.6 Å². The summed E-state index contributed by atoms with van der Waals surface area (Å²) in [5.41, 5.74) is 0.338. The molecule has 1 aromatic heterocycles. The first-order valence-electron chi connectivity index (χ1n) is 6.62. The van der Waals surface area contributed by atoms with Crippen molar-refractivity contribution in [2.75, 3.05) is 13.2 Å². The molecule has 0 saturated heterocycles. The molecule has 6 heteroatoms. The first-order chi connectivity index (χ1) is 9.99. The predicted octanol–water partition coefficient (Wildman–Crippen LogP) is 2.34. The lowest BCUT2D eigenvalue weighted by Crippen LogP contribution is -2.23. The molecule has 1 N–H and O–H groups in total. The lowest BCUT2D eigenvalue weighted by Gasteiger charge is -2.18. The molecule has 0 aliphatic heterocycles. The average Bonchev–Trinajstić information content (AvgIpc) is 2.47. The van der Waals surface area contributed by atoms with Crippen molar-refractivity contribution in [3.05, 3.63) is 43.8 Å². The number of carbonyl (C=O) groups is 1. The molecule has 0 bridgehead atoms. The maximum Gasteiger partial charge on any atom is 0.343 e. The first-order valence-corrected chi connectivity index (χ1v) is 7.69. The Balaban J connectivity index is 2.79. The summed E-state index contributed by atoms with van der Waals surface area (Å²) >= 11 is 2.11. The van der Waals surface area contributed by atoms with Crippen LogP contribution in [0.4, 0.5) is 0 Å². The van der Waals surface area contributed by atoms with E-state index in [0.717, 1.165) is 3.57 Å². The average molecular weight is 401 g/mol. The number of fused-ring (bicyclic) bond motifs is 1. The molecular weight excluding hydrogens is 385 g/mol. The number of nitrogens with zero attached hydrogens (tertiary/aromatic N) is 1. The number of aliphatic hydroxyl groups excluding tert-OH is 1. The monoisotopic (exact) mass is 401 g/mol. The molecule has 112 valence electrons. The van der Waals surface area contributed by atoms with Gasteiger partial charge in [-0.15, -0.1) is 0 Å². The quantitative estimate of drug-likeness (QED) is 0.631. The van der Waals surface area contributed by atoms with E-state index in [1.165, 1.54) is 6.20 Å². The standard InChI is InChI=1S/C15H16INO4/c1-3-21-15(20)12-7-17(9(2)8-18)13-5-4-10(16)6-11(13)14(12)19/h4-7,9,18H,3,8H2,1-2H3. The summed E-state index contributed by atoms with van der Waals surface area (Å²) in [6.07, 6.45) is 1.47. The van der Waals surface area contributed by atoms with Crippen LogP contribution < -0.4 is 5.43 Å². The molecule has 2 rings (SSSR count). The van der Waals surface area contributed by atoms with E-state index in [-0.39, 0.29) is 30.2 Å². The molecule has 0 saturated carbocycles. The van der Waals surface area contributed by atoms with Crippen LogP contribution in [0.15, 0.2) is 29.2 Å². The van der Waals surface area contributed by atoms with Crippen LogP contribution in [0.1, 0.15) is 30.2 Å². The molecule has 1 unspecified atom stereocenters. The smallest absolute Gasteiger partial charge is 0.343 e. The van der Waals surface area contributed by atoms with Crippen molar-refractivity contribution >= 4 is 39.5 Å². The number of hydrogen-bond donors (Lipinski definition) is 1. The van der Waals surface area contributed by atoms with Crippen LogP contribution in [-0.2, 0) is 4.74 Å². The van der Waals surface area contributed by atoms with Gasteiger partial charge in [-0.3, -0.25) is 4.79 Å². The minimum atomic E-state index is -0.637. The fourth-order valence-electron chi connectivity index (χ4n) is 2.13. The van der Waals surface area contributed by atoms with Gasteiger partial charge in [0.15, 0.2) is 0 Å². The summed E-state index contributed by atoms with van der Waals surface area (Å²) < 4.78 is 7.58. The van der Waals surface area contributed by atoms with E-state index in [4.69, 9.17) is 4.74 Å². The molecule has 0 spiro atoms. The lowest BCUT2D eigenvalue weighted by atomic mass is 10.1. The second-order valence-corrected chi connectivity index (χ2v) is 5.94. The van der Waals surface area contributed by atoms with Gasteiger partial charge >= 0.3 is 5.97 Å². The number of esters is 1. The fourth-order valence-corrected chi connectivity index (χ4v) is 2.63. The van der Waals surface area contributed by atoms with Gasteiger partial charge in [-0.1, -0.05) is 0 Å². The van der Waals surface area contributed by atoms with E-state index >= 15 is 0 Å². The number of benzene rings is 1. The summed E-state index contributed by atoms with van der Waals surface area (Å²) in [5.74, 6) is -0.637. The Morgan fingerprint density at radius 3 is 2.81 bits per heavy atom. The second-order valence-electron chi connectivity index (χ2n) is 4.69. The second kappa shape index (κ2) is 6.57. The summed E-state index contributed by atoms with van der Waals surface area (Å²) in [6, 6.07) is 5.19. The van der Waals surface area contributed by atoms with Crippen molar-refractivity contribution in [2.24, 2.45) is 0 Å². The van der Waals surface area contributed by atoms with Gasteiger partial charge in [0.1, 0.15) is 5.56 Å². The van der Waals surface area contributed by atoms with Gasteiger partial charge in [-0.25, -0.2) is 4.79 Å². The molecule has 0 aliphatic rings. The minimum Gasteiger partial charge on any atom is -0.462 e. The molecule has 1 heterocycles. The molecule has 1 aromatic carbocycles. The maximum absolute atomic E-state index is 12.5. The van der Waals surface area contributed by atoms with Gasteiger partial charge in [-0.2, -0.15) is 0 Å². The molecule has 0 radical (unpaired) electrons.